The van der Waals surface area contributed by atoms with E-state index in [2.05, 4.69) is 25.2 Å². The second-order valence-electron chi connectivity index (χ2n) is 5.16. The molecule has 95 valence electrons. The Bertz CT molecular complexity index is 380. The van der Waals surface area contributed by atoms with Gasteiger partial charge in [-0.2, -0.15) is 23.8 Å². The maximum absolute atomic E-state index is 11.9. The van der Waals surface area contributed by atoms with Crippen molar-refractivity contribution in [3.8, 4) is 0 Å². The largest absolute Gasteiger partial charge is 0.379 e. The smallest absolute Gasteiger partial charge is 0.216 e. The van der Waals surface area contributed by atoms with Crippen LogP contribution in [0.15, 0.2) is 18.2 Å². The number of anilines is 1. The Hall–Kier alpha value is -0.206. The molecule has 0 spiro atoms. The summed E-state index contributed by atoms with van der Waals surface area (Å²) in [5.74, 6) is 0.877. The van der Waals surface area contributed by atoms with Crippen LogP contribution in [-0.2, 0) is 37.5 Å². The number of carbonyl (C=O) groups is 1. The van der Waals surface area contributed by atoms with Crippen molar-refractivity contribution in [1.82, 2.24) is 0 Å². The fraction of sp³-hybridized carbons (Fsp3) is 0.533. The molecule has 2 rings (SSSR count). The molecule has 1 N–H and O–H groups in total. The fourth-order valence-electron chi connectivity index (χ4n) is 2.31. The van der Waals surface area contributed by atoms with E-state index in [-0.39, 0.29) is 44.5 Å². The Morgan fingerprint density at radius 3 is 2.50 bits per heavy atom. The van der Waals surface area contributed by atoms with Crippen LogP contribution < -0.4 is 5.32 Å². The summed E-state index contributed by atoms with van der Waals surface area (Å²) in [5, 5.41) is 2.98. The van der Waals surface area contributed by atoms with Gasteiger partial charge in [-0.3, -0.25) is 4.79 Å². The molecule has 1 aromatic carbocycles. The molecule has 1 amide bonds. The molecule has 2 nitrogen and oxygen atoms in total. The monoisotopic (exact) mass is 319 g/mol. The molecule has 1 aliphatic carbocycles. The summed E-state index contributed by atoms with van der Waals surface area (Å²) in [7, 11) is 0. The van der Waals surface area contributed by atoms with Gasteiger partial charge in [-0.05, 0) is 18.8 Å². The number of rotatable bonds is 3. The van der Waals surface area contributed by atoms with Gasteiger partial charge in [0.25, 0.3) is 0 Å². The van der Waals surface area contributed by atoms with Crippen LogP contribution in [0.4, 0.5) is 5.69 Å². The van der Waals surface area contributed by atoms with Crippen molar-refractivity contribution in [3.63, 3.8) is 0 Å². The number of amides is 1. The zero-order valence-corrected chi connectivity index (χ0v) is 14.0. The molecule has 1 radical (unpaired) electrons. The van der Waals surface area contributed by atoms with Crippen LogP contribution in [0.3, 0.4) is 0 Å². The zero-order valence-electron chi connectivity index (χ0n) is 11.2. The Balaban J connectivity index is 0.00000162. The molecule has 0 atom stereocenters. The Morgan fingerprint density at radius 1 is 1.33 bits per heavy atom. The SMILES string of the molecule is CC(C)c1[c-]cc(NC(=O)C2CCCC2)cc1.[Y]. The van der Waals surface area contributed by atoms with Gasteiger partial charge in [0, 0.05) is 38.6 Å². The maximum atomic E-state index is 11.9. The van der Waals surface area contributed by atoms with E-state index in [0.717, 1.165) is 18.5 Å². The Morgan fingerprint density at radius 2 is 2.00 bits per heavy atom. The van der Waals surface area contributed by atoms with Crippen molar-refractivity contribution in [2.75, 3.05) is 5.32 Å². The molecule has 3 heteroatoms. The van der Waals surface area contributed by atoms with Crippen molar-refractivity contribution in [3.05, 3.63) is 29.8 Å². The molecular weight excluding hydrogens is 299 g/mol. The third-order valence-electron chi connectivity index (χ3n) is 3.45. The van der Waals surface area contributed by atoms with E-state index in [9.17, 15) is 4.79 Å². The van der Waals surface area contributed by atoms with Gasteiger partial charge in [0.15, 0.2) is 0 Å². The number of hydrogen-bond donors (Lipinski definition) is 1. The molecular formula is C15H20NOY-. The molecule has 0 aliphatic heterocycles. The van der Waals surface area contributed by atoms with Gasteiger partial charge >= 0.3 is 0 Å². The topological polar surface area (TPSA) is 29.1 Å². The molecule has 1 saturated carbocycles. The van der Waals surface area contributed by atoms with Gasteiger partial charge in [0.2, 0.25) is 5.91 Å². The van der Waals surface area contributed by atoms with Crippen LogP contribution in [0.2, 0.25) is 0 Å². The predicted molar refractivity (Wildman–Crippen MR) is 70.0 cm³/mol. The van der Waals surface area contributed by atoms with E-state index in [1.165, 1.54) is 18.4 Å². The molecule has 0 saturated heterocycles. The maximum Gasteiger partial charge on any atom is 0.216 e. The van der Waals surface area contributed by atoms with Crippen molar-refractivity contribution >= 4 is 11.6 Å². The molecule has 1 aromatic rings. The molecule has 18 heavy (non-hydrogen) atoms. The minimum Gasteiger partial charge on any atom is -0.379 e. The van der Waals surface area contributed by atoms with Gasteiger partial charge in [0.05, 0.1) is 0 Å². The van der Waals surface area contributed by atoms with E-state index in [4.69, 9.17) is 0 Å². The first-order valence-corrected chi connectivity index (χ1v) is 6.49. The minimum absolute atomic E-state index is 0. The summed E-state index contributed by atoms with van der Waals surface area (Å²) in [4.78, 5) is 11.9. The summed E-state index contributed by atoms with van der Waals surface area (Å²) < 4.78 is 0. The first-order chi connectivity index (χ1) is 8.16. The summed E-state index contributed by atoms with van der Waals surface area (Å²) in [6, 6.07) is 9.10. The van der Waals surface area contributed by atoms with Crippen LogP contribution in [0.5, 0.6) is 0 Å². The van der Waals surface area contributed by atoms with Crippen LogP contribution in [-0.4, -0.2) is 5.91 Å². The fourth-order valence-corrected chi connectivity index (χ4v) is 2.31. The quantitative estimate of drug-likeness (QED) is 0.845. The van der Waals surface area contributed by atoms with Gasteiger partial charge in [0.1, 0.15) is 0 Å². The van der Waals surface area contributed by atoms with Gasteiger partial charge in [-0.1, -0.05) is 32.4 Å². The first-order valence-electron chi connectivity index (χ1n) is 6.49. The molecule has 0 heterocycles. The Labute approximate surface area is 135 Å². The van der Waals surface area contributed by atoms with Crippen LogP contribution in [0, 0.1) is 12.0 Å². The average molecular weight is 319 g/mol. The second-order valence-corrected chi connectivity index (χ2v) is 5.16. The molecule has 0 bridgehead atoms. The predicted octanol–water partition coefficient (Wildman–Crippen LogP) is 3.74. The third-order valence-corrected chi connectivity index (χ3v) is 3.45. The number of nitrogens with one attached hydrogen (secondary N) is 1. The van der Waals surface area contributed by atoms with Gasteiger partial charge in [-0.15, -0.1) is 6.07 Å². The van der Waals surface area contributed by atoms with Gasteiger partial charge in [-0.25, -0.2) is 0 Å². The number of hydrogen-bond acceptors (Lipinski definition) is 1. The van der Waals surface area contributed by atoms with E-state index in [1.807, 2.05) is 18.2 Å². The van der Waals surface area contributed by atoms with E-state index < -0.39 is 0 Å². The average Bonchev–Trinajstić information content (AvgIpc) is 2.83. The third kappa shape index (κ3) is 4.17. The van der Waals surface area contributed by atoms with Crippen molar-refractivity contribution in [2.24, 2.45) is 5.92 Å². The summed E-state index contributed by atoms with van der Waals surface area (Å²) in [5.41, 5.74) is 2.05. The summed E-state index contributed by atoms with van der Waals surface area (Å²) in [6.07, 6.45) is 4.46. The van der Waals surface area contributed by atoms with E-state index in [0.29, 0.717) is 5.92 Å². The zero-order chi connectivity index (χ0) is 12.3. The van der Waals surface area contributed by atoms with Crippen LogP contribution in [0.1, 0.15) is 51.0 Å². The van der Waals surface area contributed by atoms with Crippen LogP contribution >= 0.6 is 0 Å². The molecule has 0 unspecified atom stereocenters. The van der Waals surface area contributed by atoms with E-state index in [1.54, 1.807) is 0 Å². The number of benzene rings is 1. The molecule has 1 aliphatic rings. The van der Waals surface area contributed by atoms with E-state index >= 15 is 0 Å². The summed E-state index contributed by atoms with van der Waals surface area (Å²) in [6.45, 7) is 4.28. The van der Waals surface area contributed by atoms with Crippen molar-refractivity contribution in [1.29, 1.82) is 0 Å². The molecule has 1 fully saturated rings. The minimum atomic E-state index is 0. The first kappa shape index (κ1) is 15.9. The standard InChI is InChI=1S/C15H20NO.Y/c1-11(2)12-7-9-14(10-8-12)16-15(17)13-5-3-4-6-13;/h7,9-11,13H,3-6H2,1-2H3,(H,16,17);/q-1;. The van der Waals surface area contributed by atoms with Crippen LogP contribution in [0.25, 0.3) is 0 Å². The number of carbonyl (C=O) groups excluding carboxylic acids is 1. The van der Waals surface area contributed by atoms with Crippen molar-refractivity contribution in [2.45, 2.75) is 45.4 Å². The summed E-state index contributed by atoms with van der Waals surface area (Å²) >= 11 is 0. The van der Waals surface area contributed by atoms with Crippen molar-refractivity contribution < 1.29 is 37.5 Å². The molecule has 0 aromatic heterocycles. The second kappa shape index (κ2) is 7.40. The van der Waals surface area contributed by atoms with Gasteiger partial charge < -0.3 is 5.32 Å². The Kier molecular flexibility index (Phi) is 6.52. The normalized spacial score (nSPS) is 15.5.